The molecule has 1 N–H and O–H groups in total. The van der Waals surface area contributed by atoms with Gasteiger partial charge in [0.15, 0.2) is 11.6 Å². The highest BCUT2D eigenvalue weighted by Crippen LogP contribution is 2.22. The van der Waals surface area contributed by atoms with Crippen molar-refractivity contribution >= 4 is 0 Å². The van der Waals surface area contributed by atoms with Crippen LogP contribution in [-0.4, -0.2) is 55.6 Å². The molecule has 0 bridgehead atoms. The SMILES string of the molecule is CCOCCn1nc(-c2ccccn2)nc1-c1cn2c(n1)CCNCC2. The van der Waals surface area contributed by atoms with Gasteiger partial charge >= 0.3 is 0 Å². The molecular weight excluding hydrogens is 330 g/mol. The lowest BCUT2D eigenvalue weighted by atomic mass is 10.3. The van der Waals surface area contributed by atoms with E-state index in [2.05, 4.69) is 26.2 Å². The van der Waals surface area contributed by atoms with Gasteiger partial charge in [-0.2, -0.15) is 0 Å². The molecule has 0 aromatic carbocycles. The molecule has 0 unspecified atom stereocenters. The summed E-state index contributed by atoms with van der Waals surface area (Å²) in [4.78, 5) is 13.9. The Kier molecular flexibility index (Phi) is 5.03. The maximum Gasteiger partial charge on any atom is 0.200 e. The summed E-state index contributed by atoms with van der Waals surface area (Å²) in [5.74, 6) is 2.46. The number of rotatable bonds is 6. The Bertz CT molecular complexity index is 832. The number of ether oxygens (including phenoxy) is 1. The summed E-state index contributed by atoms with van der Waals surface area (Å²) in [6.07, 6.45) is 4.74. The Hall–Kier alpha value is -2.58. The predicted molar refractivity (Wildman–Crippen MR) is 97.5 cm³/mol. The number of nitrogens with one attached hydrogen (secondary N) is 1. The van der Waals surface area contributed by atoms with Crippen molar-refractivity contribution in [1.82, 2.24) is 34.6 Å². The van der Waals surface area contributed by atoms with Crippen molar-refractivity contribution in [3.8, 4) is 23.0 Å². The van der Waals surface area contributed by atoms with E-state index in [1.165, 1.54) is 0 Å². The normalized spacial score (nSPS) is 14.2. The largest absolute Gasteiger partial charge is 0.380 e. The predicted octanol–water partition coefficient (Wildman–Crippen LogP) is 1.39. The highest BCUT2D eigenvalue weighted by Gasteiger charge is 2.19. The molecule has 8 nitrogen and oxygen atoms in total. The van der Waals surface area contributed by atoms with Gasteiger partial charge < -0.3 is 14.6 Å². The molecule has 0 amide bonds. The zero-order chi connectivity index (χ0) is 17.8. The summed E-state index contributed by atoms with van der Waals surface area (Å²) in [7, 11) is 0. The van der Waals surface area contributed by atoms with E-state index in [4.69, 9.17) is 14.7 Å². The molecule has 8 heteroatoms. The maximum atomic E-state index is 5.50. The Morgan fingerprint density at radius 1 is 1.19 bits per heavy atom. The van der Waals surface area contributed by atoms with Crippen LogP contribution in [0.5, 0.6) is 0 Å². The minimum Gasteiger partial charge on any atom is -0.380 e. The molecule has 0 saturated carbocycles. The first-order chi connectivity index (χ1) is 12.8. The van der Waals surface area contributed by atoms with Crippen molar-refractivity contribution in [3.05, 3.63) is 36.4 Å². The third-order valence-electron chi connectivity index (χ3n) is 4.36. The molecular formula is C18H23N7O. The van der Waals surface area contributed by atoms with E-state index in [1.54, 1.807) is 6.20 Å². The number of imidazole rings is 1. The second kappa shape index (κ2) is 7.76. The van der Waals surface area contributed by atoms with Crippen molar-refractivity contribution in [2.45, 2.75) is 26.4 Å². The lowest BCUT2D eigenvalue weighted by Gasteiger charge is -2.04. The van der Waals surface area contributed by atoms with Gasteiger partial charge in [0, 0.05) is 45.1 Å². The van der Waals surface area contributed by atoms with E-state index in [0.717, 1.165) is 49.1 Å². The molecule has 4 heterocycles. The summed E-state index contributed by atoms with van der Waals surface area (Å²) in [6, 6.07) is 5.74. The van der Waals surface area contributed by atoms with Crippen LogP contribution in [0.25, 0.3) is 23.0 Å². The standard InChI is InChI=1S/C18H23N7O/c1-2-26-12-11-25-18(22-17(23-25)14-5-3-4-7-20-14)15-13-24-10-9-19-8-6-16(24)21-15/h3-5,7,13,19H,2,6,8-12H2,1H3. The van der Waals surface area contributed by atoms with Crippen LogP contribution in [0.1, 0.15) is 12.7 Å². The van der Waals surface area contributed by atoms with Gasteiger partial charge in [-0.3, -0.25) is 4.98 Å². The van der Waals surface area contributed by atoms with Gasteiger partial charge in [-0.15, -0.1) is 5.10 Å². The van der Waals surface area contributed by atoms with Crippen molar-refractivity contribution in [1.29, 1.82) is 0 Å². The first kappa shape index (κ1) is 16.9. The molecule has 0 fully saturated rings. The molecule has 1 aliphatic heterocycles. The molecule has 1 aliphatic rings. The summed E-state index contributed by atoms with van der Waals surface area (Å²) in [5, 5.41) is 8.05. The van der Waals surface area contributed by atoms with Crippen molar-refractivity contribution in [3.63, 3.8) is 0 Å². The average molecular weight is 353 g/mol. The van der Waals surface area contributed by atoms with E-state index in [1.807, 2.05) is 29.8 Å². The number of hydrogen-bond donors (Lipinski definition) is 1. The number of fused-ring (bicyclic) bond motifs is 1. The van der Waals surface area contributed by atoms with Gasteiger partial charge in [0.2, 0.25) is 0 Å². The molecule has 0 aliphatic carbocycles. The lowest BCUT2D eigenvalue weighted by molar-refractivity contribution is 0.136. The third-order valence-corrected chi connectivity index (χ3v) is 4.36. The fourth-order valence-electron chi connectivity index (χ4n) is 3.07. The van der Waals surface area contributed by atoms with Crippen molar-refractivity contribution in [2.75, 3.05) is 26.3 Å². The smallest absolute Gasteiger partial charge is 0.200 e. The van der Waals surface area contributed by atoms with Crippen LogP contribution in [0.4, 0.5) is 0 Å². The van der Waals surface area contributed by atoms with Crippen LogP contribution < -0.4 is 5.32 Å². The minimum absolute atomic E-state index is 0.589. The van der Waals surface area contributed by atoms with E-state index in [-0.39, 0.29) is 0 Å². The van der Waals surface area contributed by atoms with E-state index in [0.29, 0.717) is 25.6 Å². The highest BCUT2D eigenvalue weighted by atomic mass is 16.5. The Morgan fingerprint density at radius 2 is 2.15 bits per heavy atom. The topological polar surface area (TPSA) is 82.7 Å². The van der Waals surface area contributed by atoms with E-state index < -0.39 is 0 Å². The van der Waals surface area contributed by atoms with Gasteiger partial charge in [-0.05, 0) is 19.1 Å². The zero-order valence-corrected chi connectivity index (χ0v) is 14.9. The molecule has 3 aromatic heterocycles. The lowest BCUT2D eigenvalue weighted by Crippen LogP contribution is -2.17. The minimum atomic E-state index is 0.589. The number of hydrogen-bond acceptors (Lipinski definition) is 6. The maximum absolute atomic E-state index is 5.50. The second-order valence-electron chi connectivity index (χ2n) is 6.13. The average Bonchev–Trinajstić information content (AvgIpc) is 3.21. The van der Waals surface area contributed by atoms with Gasteiger partial charge in [0.05, 0.1) is 13.2 Å². The number of pyridine rings is 1. The Morgan fingerprint density at radius 3 is 3.00 bits per heavy atom. The fourth-order valence-corrected chi connectivity index (χ4v) is 3.07. The van der Waals surface area contributed by atoms with Crippen molar-refractivity contribution in [2.24, 2.45) is 0 Å². The van der Waals surface area contributed by atoms with Crippen LogP contribution in [0, 0.1) is 0 Å². The molecule has 0 atom stereocenters. The van der Waals surface area contributed by atoms with Crippen LogP contribution in [-0.2, 0) is 24.2 Å². The van der Waals surface area contributed by atoms with Crippen LogP contribution in [0.2, 0.25) is 0 Å². The quantitative estimate of drug-likeness (QED) is 0.674. The molecule has 4 rings (SSSR count). The Balaban J connectivity index is 1.70. The van der Waals surface area contributed by atoms with Crippen molar-refractivity contribution < 1.29 is 4.74 Å². The first-order valence-electron chi connectivity index (χ1n) is 9.06. The summed E-state index contributed by atoms with van der Waals surface area (Å²) >= 11 is 0. The third kappa shape index (κ3) is 3.51. The van der Waals surface area contributed by atoms with E-state index >= 15 is 0 Å². The van der Waals surface area contributed by atoms with Gasteiger partial charge in [-0.25, -0.2) is 14.6 Å². The van der Waals surface area contributed by atoms with E-state index in [9.17, 15) is 0 Å². The summed E-state index contributed by atoms with van der Waals surface area (Å²) < 4.78 is 9.58. The van der Waals surface area contributed by atoms with Crippen LogP contribution in [0.15, 0.2) is 30.6 Å². The molecule has 136 valence electrons. The molecule has 3 aromatic rings. The second-order valence-corrected chi connectivity index (χ2v) is 6.13. The number of nitrogens with zero attached hydrogens (tertiary/aromatic N) is 6. The molecule has 0 saturated heterocycles. The first-order valence-corrected chi connectivity index (χ1v) is 9.06. The molecule has 0 spiro atoms. The van der Waals surface area contributed by atoms with Crippen LogP contribution in [0.3, 0.4) is 0 Å². The van der Waals surface area contributed by atoms with Gasteiger partial charge in [-0.1, -0.05) is 6.07 Å². The highest BCUT2D eigenvalue weighted by molar-refractivity contribution is 5.56. The number of aromatic nitrogens is 6. The summed E-state index contributed by atoms with van der Waals surface area (Å²) in [6.45, 7) is 6.72. The van der Waals surface area contributed by atoms with Gasteiger partial charge in [0.25, 0.3) is 0 Å². The van der Waals surface area contributed by atoms with Crippen LogP contribution >= 0.6 is 0 Å². The summed E-state index contributed by atoms with van der Waals surface area (Å²) in [5.41, 5.74) is 1.61. The molecule has 0 radical (unpaired) electrons. The molecule has 26 heavy (non-hydrogen) atoms. The van der Waals surface area contributed by atoms with Gasteiger partial charge in [0.1, 0.15) is 17.2 Å². The zero-order valence-electron chi connectivity index (χ0n) is 14.9. The fraction of sp³-hybridized carbons (Fsp3) is 0.444. The monoisotopic (exact) mass is 353 g/mol. The Labute approximate surface area is 152 Å².